The Morgan fingerprint density at radius 2 is 1.95 bits per heavy atom. The number of ether oxygens (including phenoxy) is 2. The van der Waals surface area contributed by atoms with E-state index in [-0.39, 0.29) is 17.9 Å². The number of hydrogen-bond acceptors (Lipinski definition) is 3. The molecular formula is C15H19FN2O3. The summed E-state index contributed by atoms with van der Waals surface area (Å²) in [6.07, 6.45) is 3.21. The van der Waals surface area contributed by atoms with Crippen LogP contribution in [0.4, 0.5) is 14.9 Å². The number of carbonyl (C=O) groups excluding carboxylic acids is 1. The minimum absolute atomic E-state index is 0.0944. The first kappa shape index (κ1) is 14.3. The van der Waals surface area contributed by atoms with Gasteiger partial charge in [0.15, 0.2) is 5.79 Å². The molecule has 0 unspecified atom stereocenters. The van der Waals surface area contributed by atoms with Crippen LogP contribution < -0.4 is 10.6 Å². The second-order valence-electron chi connectivity index (χ2n) is 5.49. The normalized spacial score (nSPS) is 21.4. The summed E-state index contributed by atoms with van der Waals surface area (Å²) in [5.74, 6) is -0.792. The van der Waals surface area contributed by atoms with Gasteiger partial charge in [-0.3, -0.25) is 0 Å². The molecule has 1 heterocycles. The number of benzene rings is 1. The van der Waals surface area contributed by atoms with Gasteiger partial charge in [0.25, 0.3) is 0 Å². The van der Waals surface area contributed by atoms with Gasteiger partial charge >= 0.3 is 6.03 Å². The second kappa shape index (κ2) is 5.99. The summed E-state index contributed by atoms with van der Waals surface area (Å²) >= 11 is 0. The third kappa shape index (κ3) is 3.51. The van der Waals surface area contributed by atoms with Crippen molar-refractivity contribution in [1.29, 1.82) is 0 Å². The molecule has 2 fully saturated rings. The Morgan fingerprint density at radius 3 is 2.62 bits per heavy atom. The number of halogens is 1. The maximum atomic E-state index is 13.0. The van der Waals surface area contributed by atoms with Crippen LogP contribution in [0.2, 0.25) is 0 Å². The highest BCUT2D eigenvalue weighted by Crippen LogP contribution is 2.35. The van der Waals surface area contributed by atoms with E-state index < -0.39 is 5.79 Å². The lowest BCUT2D eigenvalue weighted by Gasteiger charge is -2.35. The first-order chi connectivity index (χ1) is 10.2. The van der Waals surface area contributed by atoms with Gasteiger partial charge in [0, 0.05) is 24.6 Å². The molecule has 2 amide bonds. The Bertz CT molecular complexity index is 507. The maximum absolute atomic E-state index is 13.0. The third-order valence-corrected chi connectivity index (χ3v) is 3.98. The summed E-state index contributed by atoms with van der Waals surface area (Å²) in [5, 5.41) is 5.55. The lowest BCUT2D eigenvalue weighted by Crippen LogP contribution is -2.45. The van der Waals surface area contributed by atoms with Gasteiger partial charge in [-0.05, 0) is 31.0 Å². The molecule has 3 rings (SSSR count). The van der Waals surface area contributed by atoms with Gasteiger partial charge in [0.05, 0.1) is 13.2 Å². The lowest BCUT2D eigenvalue weighted by atomic mass is 9.90. The molecule has 1 aliphatic carbocycles. The van der Waals surface area contributed by atoms with Crippen molar-refractivity contribution in [2.45, 2.75) is 37.5 Å². The molecule has 114 valence electrons. The van der Waals surface area contributed by atoms with Gasteiger partial charge < -0.3 is 20.1 Å². The maximum Gasteiger partial charge on any atom is 0.319 e. The Labute approximate surface area is 122 Å². The lowest BCUT2D eigenvalue weighted by molar-refractivity contribution is -0.179. The first-order valence-corrected chi connectivity index (χ1v) is 7.26. The quantitative estimate of drug-likeness (QED) is 0.881. The number of carbonyl (C=O) groups is 1. The van der Waals surface area contributed by atoms with Gasteiger partial charge in [-0.15, -0.1) is 0 Å². The predicted octanol–water partition coefficient (Wildman–Crippen LogP) is 2.63. The standard InChI is InChI=1S/C15H19FN2O3/c16-11-2-1-3-13(10-11)18-14(19)17-12-4-6-15(7-5-12)20-8-9-21-15/h1-3,10,12H,4-9H2,(H2,17,18,19). The molecule has 0 radical (unpaired) electrons. The van der Waals surface area contributed by atoms with Crippen molar-refractivity contribution in [1.82, 2.24) is 5.32 Å². The van der Waals surface area contributed by atoms with Crippen molar-refractivity contribution in [3.63, 3.8) is 0 Å². The van der Waals surface area contributed by atoms with E-state index in [4.69, 9.17) is 9.47 Å². The molecule has 5 nitrogen and oxygen atoms in total. The minimum Gasteiger partial charge on any atom is -0.348 e. The van der Waals surface area contributed by atoms with E-state index in [1.54, 1.807) is 12.1 Å². The molecule has 1 saturated carbocycles. The number of hydrogen-bond donors (Lipinski definition) is 2. The van der Waals surface area contributed by atoms with Crippen LogP contribution >= 0.6 is 0 Å². The largest absolute Gasteiger partial charge is 0.348 e. The summed E-state index contributed by atoms with van der Waals surface area (Å²) in [4.78, 5) is 11.9. The van der Waals surface area contributed by atoms with Crippen LogP contribution in [0.3, 0.4) is 0 Å². The SMILES string of the molecule is O=C(Nc1cccc(F)c1)NC1CCC2(CC1)OCCO2. The Kier molecular flexibility index (Phi) is 4.07. The monoisotopic (exact) mass is 294 g/mol. The third-order valence-electron chi connectivity index (χ3n) is 3.98. The zero-order valence-electron chi connectivity index (χ0n) is 11.7. The molecule has 2 aliphatic rings. The molecule has 1 saturated heterocycles. The summed E-state index contributed by atoms with van der Waals surface area (Å²) in [5.41, 5.74) is 0.447. The zero-order valence-corrected chi connectivity index (χ0v) is 11.7. The topological polar surface area (TPSA) is 59.6 Å². The Balaban J connectivity index is 1.47. The number of urea groups is 1. The molecular weight excluding hydrogens is 275 g/mol. The highest BCUT2D eigenvalue weighted by molar-refractivity contribution is 5.89. The molecule has 0 bridgehead atoms. The molecule has 1 aromatic rings. The fourth-order valence-electron chi connectivity index (χ4n) is 2.91. The van der Waals surface area contributed by atoms with E-state index in [2.05, 4.69) is 10.6 Å². The molecule has 2 N–H and O–H groups in total. The Hall–Kier alpha value is -1.66. The fraction of sp³-hybridized carbons (Fsp3) is 0.533. The highest BCUT2D eigenvalue weighted by Gasteiger charge is 2.40. The molecule has 0 atom stereocenters. The zero-order chi connectivity index (χ0) is 14.7. The van der Waals surface area contributed by atoms with Crippen molar-refractivity contribution in [3.8, 4) is 0 Å². The fourth-order valence-corrected chi connectivity index (χ4v) is 2.91. The number of rotatable bonds is 2. The van der Waals surface area contributed by atoms with Crippen LogP contribution in [0.5, 0.6) is 0 Å². The molecule has 1 spiro atoms. The molecule has 1 aromatic carbocycles. The number of anilines is 1. The van der Waals surface area contributed by atoms with Gasteiger partial charge in [-0.1, -0.05) is 6.07 Å². The van der Waals surface area contributed by atoms with Crippen LogP contribution in [-0.4, -0.2) is 31.1 Å². The highest BCUT2D eigenvalue weighted by atomic mass is 19.1. The van der Waals surface area contributed by atoms with Gasteiger partial charge in [-0.25, -0.2) is 9.18 Å². The van der Waals surface area contributed by atoms with Gasteiger partial charge in [-0.2, -0.15) is 0 Å². The van der Waals surface area contributed by atoms with E-state index in [9.17, 15) is 9.18 Å². The second-order valence-corrected chi connectivity index (χ2v) is 5.49. The summed E-state index contributed by atoms with van der Waals surface area (Å²) in [6.45, 7) is 1.30. The van der Waals surface area contributed by atoms with Crippen LogP contribution in [0.1, 0.15) is 25.7 Å². The molecule has 21 heavy (non-hydrogen) atoms. The van der Waals surface area contributed by atoms with E-state index in [1.165, 1.54) is 12.1 Å². The van der Waals surface area contributed by atoms with Gasteiger partial charge in [0.1, 0.15) is 5.82 Å². The summed E-state index contributed by atoms with van der Waals surface area (Å²) in [6, 6.07) is 5.62. The van der Waals surface area contributed by atoms with Crippen LogP contribution in [0, 0.1) is 5.82 Å². The van der Waals surface area contributed by atoms with Crippen LogP contribution in [-0.2, 0) is 9.47 Å². The van der Waals surface area contributed by atoms with Crippen molar-refractivity contribution in [2.75, 3.05) is 18.5 Å². The average Bonchev–Trinajstić information content (AvgIpc) is 2.90. The van der Waals surface area contributed by atoms with Crippen molar-refractivity contribution >= 4 is 11.7 Å². The van der Waals surface area contributed by atoms with E-state index in [0.29, 0.717) is 18.9 Å². The predicted molar refractivity (Wildman–Crippen MR) is 75.4 cm³/mol. The average molecular weight is 294 g/mol. The van der Waals surface area contributed by atoms with Crippen molar-refractivity contribution in [2.24, 2.45) is 0 Å². The molecule has 0 aromatic heterocycles. The summed E-state index contributed by atoms with van der Waals surface area (Å²) < 4.78 is 24.3. The van der Waals surface area contributed by atoms with E-state index in [0.717, 1.165) is 25.7 Å². The first-order valence-electron chi connectivity index (χ1n) is 7.26. The number of amides is 2. The summed E-state index contributed by atoms with van der Waals surface area (Å²) in [7, 11) is 0. The minimum atomic E-state index is -0.419. The van der Waals surface area contributed by atoms with Crippen LogP contribution in [0.25, 0.3) is 0 Å². The Morgan fingerprint density at radius 1 is 1.24 bits per heavy atom. The molecule has 6 heteroatoms. The molecule has 1 aliphatic heterocycles. The van der Waals surface area contributed by atoms with Crippen molar-refractivity contribution < 1.29 is 18.7 Å². The van der Waals surface area contributed by atoms with Crippen molar-refractivity contribution in [3.05, 3.63) is 30.1 Å². The van der Waals surface area contributed by atoms with E-state index in [1.807, 2.05) is 0 Å². The smallest absolute Gasteiger partial charge is 0.319 e. The van der Waals surface area contributed by atoms with Gasteiger partial charge in [0.2, 0.25) is 0 Å². The van der Waals surface area contributed by atoms with Crippen LogP contribution in [0.15, 0.2) is 24.3 Å². The number of nitrogens with one attached hydrogen (secondary N) is 2. The van der Waals surface area contributed by atoms with E-state index >= 15 is 0 Å².